The average Bonchev–Trinajstić information content (AvgIpc) is 2.54. The number of carbonyl (C=O) groups excluding carboxylic acids is 2. The van der Waals surface area contributed by atoms with Gasteiger partial charge in [0.2, 0.25) is 0 Å². The summed E-state index contributed by atoms with van der Waals surface area (Å²) in [5.41, 5.74) is 0.0770. The van der Waals surface area contributed by atoms with Crippen LogP contribution in [0.15, 0.2) is 24.3 Å². The number of nitrogens with one attached hydrogen (secondary N) is 2. The fourth-order valence-corrected chi connectivity index (χ4v) is 2.47. The summed E-state index contributed by atoms with van der Waals surface area (Å²) in [7, 11) is 2.06. The summed E-state index contributed by atoms with van der Waals surface area (Å²) >= 11 is 0. The van der Waals surface area contributed by atoms with Gasteiger partial charge in [0.1, 0.15) is 0 Å². The average molecular weight is 320 g/mol. The van der Waals surface area contributed by atoms with Crippen molar-refractivity contribution in [3.05, 3.63) is 34.4 Å². The predicted molar refractivity (Wildman–Crippen MR) is 85.0 cm³/mol. The molecule has 1 aliphatic heterocycles. The van der Waals surface area contributed by atoms with Gasteiger partial charge in [-0.25, -0.2) is 0 Å². The fourth-order valence-electron chi connectivity index (χ4n) is 2.47. The molecule has 0 spiro atoms. The van der Waals surface area contributed by atoms with E-state index in [1.165, 1.54) is 24.3 Å². The molecule has 1 aromatic carbocycles. The van der Waals surface area contributed by atoms with Gasteiger partial charge in [-0.2, -0.15) is 0 Å². The van der Waals surface area contributed by atoms with Crippen molar-refractivity contribution in [1.29, 1.82) is 0 Å². The first kappa shape index (κ1) is 16.9. The lowest BCUT2D eigenvalue weighted by atomic mass is 9.97. The summed E-state index contributed by atoms with van der Waals surface area (Å²) in [4.78, 5) is 36.0. The minimum atomic E-state index is -0.821. The van der Waals surface area contributed by atoms with Crippen LogP contribution in [0.1, 0.15) is 12.8 Å². The van der Waals surface area contributed by atoms with E-state index in [1.807, 2.05) is 0 Å². The molecule has 1 saturated heterocycles. The molecule has 0 bridgehead atoms. The Kier molecular flexibility index (Phi) is 5.64. The molecule has 1 fully saturated rings. The number of non-ortho nitro benzene ring substituents is 1. The molecule has 2 rings (SSSR count). The maximum absolute atomic E-state index is 11.8. The number of nitrogens with zero attached hydrogens (tertiary/aromatic N) is 2. The van der Waals surface area contributed by atoms with Gasteiger partial charge in [-0.15, -0.1) is 0 Å². The van der Waals surface area contributed by atoms with Crippen molar-refractivity contribution >= 4 is 23.2 Å². The third-order valence-electron chi connectivity index (χ3n) is 3.91. The van der Waals surface area contributed by atoms with Crippen LogP contribution in [-0.2, 0) is 9.59 Å². The molecule has 0 radical (unpaired) electrons. The second-order valence-electron chi connectivity index (χ2n) is 5.72. The van der Waals surface area contributed by atoms with E-state index < -0.39 is 16.7 Å². The molecular weight excluding hydrogens is 300 g/mol. The van der Waals surface area contributed by atoms with E-state index >= 15 is 0 Å². The lowest BCUT2D eigenvalue weighted by molar-refractivity contribution is -0.384. The summed E-state index contributed by atoms with van der Waals surface area (Å²) in [5, 5.41) is 15.7. The van der Waals surface area contributed by atoms with Crippen molar-refractivity contribution in [2.75, 3.05) is 32.0 Å². The molecule has 2 amide bonds. The van der Waals surface area contributed by atoms with Crippen LogP contribution < -0.4 is 10.6 Å². The van der Waals surface area contributed by atoms with Gasteiger partial charge in [0.25, 0.3) is 5.69 Å². The highest BCUT2D eigenvalue weighted by molar-refractivity contribution is 6.39. The largest absolute Gasteiger partial charge is 0.348 e. The Morgan fingerprint density at radius 1 is 1.30 bits per heavy atom. The molecule has 0 aromatic heterocycles. The molecule has 1 aliphatic rings. The van der Waals surface area contributed by atoms with Crippen molar-refractivity contribution in [3.8, 4) is 0 Å². The summed E-state index contributed by atoms with van der Waals surface area (Å²) in [6.07, 6.45) is 1.98. The monoisotopic (exact) mass is 320 g/mol. The van der Waals surface area contributed by atoms with Gasteiger partial charge in [-0.1, -0.05) is 6.07 Å². The number of nitro groups is 1. The summed E-state index contributed by atoms with van der Waals surface area (Å²) < 4.78 is 0. The van der Waals surface area contributed by atoms with Crippen LogP contribution in [0.3, 0.4) is 0 Å². The minimum absolute atomic E-state index is 0.144. The molecule has 0 aliphatic carbocycles. The van der Waals surface area contributed by atoms with Crippen molar-refractivity contribution in [3.63, 3.8) is 0 Å². The van der Waals surface area contributed by atoms with Gasteiger partial charge in [-0.05, 0) is 45.0 Å². The first-order chi connectivity index (χ1) is 11.0. The van der Waals surface area contributed by atoms with Crippen LogP contribution in [0.4, 0.5) is 11.4 Å². The van der Waals surface area contributed by atoms with Crippen LogP contribution in [0.2, 0.25) is 0 Å². The first-order valence-corrected chi connectivity index (χ1v) is 7.48. The van der Waals surface area contributed by atoms with Gasteiger partial charge in [0, 0.05) is 24.4 Å². The Labute approximate surface area is 134 Å². The van der Waals surface area contributed by atoms with Gasteiger partial charge >= 0.3 is 11.8 Å². The molecular formula is C15H20N4O4. The highest BCUT2D eigenvalue weighted by Crippen LogP contribution is 2.17. The van der Waals surface area contributed by atoms with E-state index in [1.54, 1.807) is 0 Å². The van der Waals surface area contributed by atoms with Gasteiger partial charge < -0.3 is 15.5 Å². The molecule has 124 valence electrons. The standard InChI is InChI=1S/C15H20N4O4/c1-18-7-5-11(6-8-18)10-16-14(20)15(21)17-12-3-2-4-13(9-12)19(22)23/h2-4,9,11H,5-8,10H2,1H3,(H,16,20)(H,17,21). The van der Waals surface area contributed by atoms with E-state index in [0.29, 0.717) is 12.5 Å². The molecule has 0 unspecified atom stereocenters. The highest BCUT2D eigenvalue weighted by atomic mass is 16.6. The zero-order chi connectivity index (χ0) is 16.8. The summed E-state index contributed by atoms with van der Waals surface area (Å²) in [6.45, 7) is 2.44. The lowest BCUT2D eigenvalue weighted by Crippen LogP contribution is -2.41. The quantitative estimate of drug-likeness (QED) is 0.489. The van der Waals surface area contributed by atoms with Crippen LogP contribution in [-0.4, -0.2) is 48.3 Å². The molecule has 1 heterocycles. The molecule has 8 nitrogen and oxygen atoms in total. The van der Waals surface area contributed by atoms with Crippen molar-refractivity contribution in [2.45, 2.75) is 12.8 Å². The minimum Gasteiger partial charge on any atom is -0.348 e. The van der Waals surface area contributed by atoms with Crippen LogP contribution >= 0.6 is 0 Å². The number of nitro benzene ring substituents is 1. The van der Waals surface area contributed by atoms with E-state index in [0.717, 1.165) is 25.9 Å². The molecule has 0 saturated carbocycles. The number of piperidine rings is 1. The second kappa shape index (κ2) is 7.68. The Bertz CT molecular complexity index is 597. The van der Waals surface area contributed by atoms with Crippen molar-refractivity contribution < 1.29 is 14.5 Å². The third kappa shape index (κ3) is 5.03. The lowest BCUT2D eigenvalue weighted by Gasteiger charge is -2.28. The molecule has 2 N–H and O–H groups in total. The van der Waals surface area contributed by atoms with Crippen molar-refractivity contribution in [2.24, 2.45) is 5.92 Å². The van der Waals surface area contributed by atoms with Crippen LogP contribution in [0.5, 0.6) is 0 Å². The number of hydrogen-bond acceptors (Lipinski definition) is 5. The third-order valence-corrected chi connectivity index (χ3v) is 3.91. The second-order valence-corrected chi connectivity index (χ2v) is 5.72. The smallest absolute Gasteiger partial charge is 0.313 e. The summed E-state index contributed by atoms with van der Waals surface area (Å²) in [5.74, 6) is -1.17. The fraction of sp³-hybridized carbons (Fsp3) is 0.467. The number of rotatable bonds is 4. The van der Waals surface area contributed by atoms with Gasteiger partial charge in [0.15, 0.2) is 0 Å². The van der Waals surface area contributed by atoms with E-state index in [2.05, 4.69) is 22.6 Å². The number of hydrogen-bond donors (Lipinski definition) is 2. The Balaban J connectivity index is 1.82. The maximum Gasteiger partial charge on any atom is 0.313 e. The number of benzene rings is 1. The molecule has 1 aromatic rings. The van der Waals surface area contributed by atoms with Crippen molar-refractivity contribution in [1.82, 2.24) is 10.2 Å². The zero-order valence-electron chi connectivity index (χ0n) is 12.9. The Hall–Kier alpha value is -2.48. The number of carbonyl (C=O) groups is 2. The molecule has 23 heavy (non-hydrogen) atoms. The molecule has 0 atom stereocenters. The Morgan fingerprint density at radius 2 is 2.00 bits per heavy atom. The SMILES string of the molecule is CN1CCC(CNC(=O)C(=O)Nc2cccc([N+](=O)[O-])c2)CC1. The van der Waals surface area contributed by atoms with Crippen LogP contribution in [0.25, 0.3) is 0 Å². The number of amides is 2. The van der Waals surface area contributed by atoms with E-state index in [4.69, 9.17) is 0 Å². The first-order valence-electron chi connectivity index (χ1n) is 7.48. The van der Waals surface area contributed by atoms with E-state index in [-0.39, 0.29) is 11.4 Å². The number of anilines is 1. The van der Waals surface area contributed by atoms with Gasteiger partial charge in [0.05, 0.1) is 4.92 Å². The number of likely N-dealkylation sites (tertiary alicyclic amines) is 1. The highest BCUT2D eigenvalue weighted by Gasteiger charge is 2.20. The topological polar surface area (TPSA) is 105 Å². The predicted octanol–water partition coefficient (Wildman–Crippen LogP) is 0.991. The summed E-state index contributed by atoms with van der Waals surface area (Å²) in [6, 6.07) is 5.47. The molecule has 8 heteroatoms. The van der Waals surface area contributed by atoms with Crippen LogP contribution in [0, 0.1) is 16.0 Å². The van der Waals surface area contributed by atoms with E-state index in [9.17, 15) is 19.7 Å². The zero-order valence-corrected chi connectivity index (χ0v) is 12.9. The van der Waals surface area contributed by atoms with Gasteiger partial charge in [-0.3, -0.25) is 19.7 Å². The Morgan fingerprint density at radius 3 is 2.65 bits per heavy atom. The normalized spacial score (nSPS) is 15.9. The maximum atomic E-state index is 11.8.